The van der Waals surface area contributed by atoms with Gasteiger partial charge in [0.1, 0.15) is 5.76 Å². The van der Waals surface area contributed by atoms with Crippen LogP contribution in [-0.2, 0) is 11.2 Å². The Balaban J connectivity index is 1.51. The summed E-state index contributed by atoms with van der Waals surface area (Å²) in [5, 5.41) is 2.84. The Hall–Kier alpha value is -3.28. The first kappa shape index (κ1) is 15.3. The van der Waals surface area contributed by atoms with E-state index in [1.165, 1.54) is 0 Å². The average Bonchev–Trinajstić information content (AvgIpc) is 3.22. The van der Waals surface area contributed by atoms with E-state index in [1.807, 2.05) is 48.5 Å². The molecule has 0 aliphatic carbocycles. The number of nitrogens with zero attached hydrogens (tertiary/aromatic N) is 1. The highest BCUT2D eigenvalue weighted by atomic mass is 16.7. The van der Waals surface area contributed by atoms with Gasteiger partial charge in [0.2, 0.25) is 18.6 Å². The monoisotopic (exact) mass is 336 g/mol. The first-order valence-corrected chi connectivity index (χ1v) is 7.90. The number of carbonyl (C=O) groups excluding carboxylic acids is 1. The van der Waals surface area contributed by atoms with Crippen molar-refractivity contribution in [3.8, 4) is 23.0 Å². The number of ether oxygens (including phenoxy) is 2. The van der Waals surface area contributed by atoms with Crippen LogP contribution in [0.3, 0.4) is 0 Å². The molecule has 126 valence electrons. The van der Waals surface area contributed by atoms with Crippen molar-refractivity contribution in [3.05, 3.63) is 60.0 Å². The summed E-state index contributed by atoms with van der Waals surface area (Å²) in [7, 11) is 0. The van der Waals surface area contributed by atoms with Crippen molar-refractivity contribution in [2.45, 2.75) is 13.3 Å². The number of nitrogens with one attached hydrogen (secondary N) is 1. The van der Waals surface area contributed by atoms with E-state index < -0.39 is 0 Å². The standard InChI is InChI=1S/C19H16N2O4/c1-12-15(10-18(22)20-14-5-3-2-4-6-14)21-19(25-12)13-7-8-16-17(9-13)24-11-23-16/h2-9H,10-11H2,1H3,(H,20,22). The zero-order valence-electron chi connectivity index (χ0n) is 13.6. The Kier molecular flexibility index (Phi) is 3.85. The van der Waals surface area contributed by atoms with E-state index >= 15 is 0 Å². The summed E-state index contributed by atoms with van der Waals surface area (Å²) >= 11 is 0. The van der Waals surface area contributed by atoms with E-state index in [2.05, 4.69) is 10.3 Å². The summed E-state index contributed by atoms with van der Waals surface area (Å²) in [4.78, 5) is 16.7. The Morgan fingerprint density at radius 3 is 2.76 bits per heavy atom. The number of fused-ring (bicyclic) bond motifs is 1. The molecule has 1 aromatic heterocycles. The second-order valence-corrected chi connectivity index (χ2v) is 5.68. The molecule has 0 radical (unpaired) electrons. The maximum absolute atomic E-state index is 12.2. The Morgan fingerprint density at radius 1 is 1.12 bits per heavy atom. The Labute approximate surface area is 144 Å². The molecule has 2 heterocycles. The summed E-state index contributed by atoms with van der Waals surface area (Å²) in [6.45, 7) is 2.02. The SMILES string of the molecule is Cc1oc(-c2ccc3c(c2)OCO3)nc1CC(=O)Nc1ccccc1. The van der Waals surface area contributed by atoms with Crippen LogP contribution < -0.4 is 14.8 Å². The Morgan fingerprint density at radius 2 is 1.92 bits per heavy atom. The zero-order chi connectivity index (χ0) is 17.2. The molecule has 3 aromatic rings. The predicted octanol–water partition coefficient (Wildman–Crippen LogP) is 3.56. The highest BCUT2D eigenvalue weighted by molar-refractivity contribution is 5.92. The molecule has 4 rings (SSSR count). The molecule has 0 unspecified atom stereocenters. The minimum absolute atomic E-state index is 0.139. The quantitative estimate of drug-likeness (QED) is 0.788. The second kappa shape index (κ2) is 6.32. The normalized spacial score (nSPS) is 12.2. The third-order valence-corrected chi connectivity index (χ3v) is 3.90. The molecule has 0 saturated carbocycles. The van der Waals surface area contributed by atoms with Gasteiger partial charge in [-0.3, -0.25) is 4.79 Å². The van der Waals surface area contributed by atoms with Crippen molar-refractivity contribution in [2.24, 2.45) is 0 Å². The maximum atomic E-state index is 12.2. The maximum Gasteiger partial charge on any atom is 0.231 e. The summed E-state index contributed by atoms with van der Waals surface area (Å²) in [5.74, 6) is 2.31. The van der Waals surface area contributed by atoms with E-state index in [1.54, 1.807) is 6.92 Å². The van der Waals surface area contributed by atoms with E-state index in [0.29, 0.717) is 28.8 Å². The zero-order valence-corrected chi connectivity index (χ0v) is 13.6. The molecule has 1 aliphatic heterocycles. The number of rotatable bonds is 4. The summed E-state index contributed by atoms with van der Waals surface area (Å²) in [6, 6.07) is 14.8. The van der Waals surface area contributed by atoms with Crippen LogP contribution in [0.4, 0.5) is 5.69 Å². The molecule has 0 atom stereocenters. The largest absolute Gasteiger partial charge is 0.454 e. The number of amides is 1. The number of para-hydroxylation sites is 1. The first-order chi connectivity index (χ1) is 12.2. The fraction of sp³-hybridized carbons (Fsp3) is 0.158. The van der Waals surface area contributed by atoms with Crippen LogP contribution in [0.25, 0.3) is 11.5 Å². The van der Waals surface area contributed by atoms with Gasteiger partial charge in [-0.25, -0.2) is 4.98 Å². The fourth-order valence-corrected chi connectivity index (χ4v) is 2.62. The molecule has 0 bridgehead atoms. The lowest BCUT2D eigenvalue weighted by Gasteiger charge is -2.03. The van der Waals surface area contributed by atoms with Gasteiger partial charge in [0.15, 0.2) is 11.5 Å². The lowest BCUT2D eigenvalue weighted by atomic mass is 10.2. The van der Waals surface area contributed by atoms with Gasteiger partial charge in [-0.2, -0.15) is 0 Å². The van der Waals surface area contributed by atoms with Crippen LogP contribution in [0.15, 0.2) is 52.9 Å². The minimum Gasteiger partial charge on any atom is -0.454 e. The number of hydrogen-bond acceptors (Lipinski definition) is 5. The van der Waals surface area contributed by atoms with Gasteiger partial charge >= 0.3 is 0 Å². The first-order valence-electron chi connectivity index (χ1n) is 7.90. The third kappa shape index (κ3) is 3.19. The number of anilines is 1. The van der Waals surface area contributed by atoms with Crippen molar-refractivity contribution in [2.75, 3.05) is 12.1 Å². The number of benzene rings is 2. The molecule has 1 N–H and O–H groups in total. The fourth-order valence-electron chi connectivity index (χ4n) is 2.62. The van der Waals surface area contributed by atoms with Crippen molar-refractivity contribution >= 4 is 11.6 Å². The predicted molar refractivity (Wildman–Crippen MR) is 91.6 cm³/mol. The smallest absolute Gasteiger partial charge is 0.231 e. The number of aryl methyl sites for hydroxylation is 1. The second-order valence-electron chi connectivity index (χ2n) is 5.68. The van der Waals surface area contributed by atoms with Crippen LogP contribution in [0, 0.1) is 6.92 Å². The summed E-state index contributed by atoms with van der Waals surface area (Å²) in [6.07, 6.45) is 0.148. The van der Waals surface area contributed by atoms with Crippen LogP contribution in [0.1, 0.15) is 11.5 Å². The molecule has 0 spiro atoms. The molecule has 1 amide bonds. The molecule has 0 saturated heterocycles. The molecule has 6 nitrogen and oxygen atoms in total. The highest BCUT2D eigenvalue weighted by Crippen LogP contribution is 2.36. The number of hydrogen-bond donors (Lipinski definition) is 1. The molecular weight excluding hydrogens is 320 g/mol. The average molecular weight is 336 g/mol. The van der Waals surface area contributed by atoms with Crippen molar-refractivity contribution < 1.29 is 18.7 Å². The lowest BCUT2D eigenvalue weighted by molar-refractivity contribution is -0.115. The van der Waals surface area contributed by atoms with Gasteiger partial charge < -0.3 is 19.2 Å². The molecule has 25 heavy (non-hydrogen) atoms. The van der Waals surface area contributed by atoms with Crippen LogP contribution >= 0.6 is 0 Å². The van der Waals surface area contributed by atoms with Crippen molar-refractivity contribution in [1.29, 1.82) is 0 Å². The molecular formula is C19H16N2O4. The van der Waals surface area contributed by atoms with E-state index in [-0.39, 0.29) is 19.1 Å². The van der Waals surface area contributed by atoms with E-state index in [0.717, 1.165) is 11.3 Å². The van der Waals surface area contributed by atoms with Crippen molar-refractivity contribution in [3.63, 3.8) is 0 Å². The van der Waals surface area contributed by atoms with Gasteiger partial charge in [0.25, 0.3) is 0 Å². The van der Waals surface area contributed by atoms with Gasteiger partial charge in [-0.05, 0) is 37.3 Å². The molecule has 6 heteroatoms. The van der Waals surface area contributed by atoms with Crippen LogP contribution in [-0.4, -0.2) is 17.7 Å². The topological polar surface area (TPSA) is 73.6 Å². The molecule has 0 fully saturated rings. The van der Waals surface area contributed by atoms with Gasteiger partial charge in [0.05, 0.1) is 12.1 Å². The minimum atomic E-state index is -0.139. The third-order valence-electron chi connectivity index (χ3n) is 3.90. The van der Waals surface area contributed by atoms with Gasteiger partial charge in [0, 0.05) is 11.3 Å². The summed E-state index contributed by atoms with van der Waals surface area (Å²) in [5.41, 5.74) is 2.15. The highest BCUT2D eigenvalue weighted by Gasteiger charge is 2.18. The van der Waals surface area contributed by atoms with E-state index in [9.17, 15) is 4.79 Å². The lowest BCUT2D eigenvalue weighted by Crippen LogP contribution is -2.15. The number of carbonyl (C=O) groups is 1. The van der Waals surface area contributed by atoms with E-state index in [4.69, 9.17) is 13.9 Å². The summed E-state index contributed by atoms with van der Waals surface area (Å²) < 4.78 is 16.4. The molecule has 1 aliphatic rings. The van der Waals surface area contributed by atoms with Crippen LogP contribution in [0.5, 0.6) is 11.5 Å². The Bertz CT molecular complexity index is 918. The molecule has 2 aromatic carbocycles. The number of aromatic nitrogens is 1. The number of oxazole rings is 1. The van der Waals surface area contributed by atoms with Crippen LogP contribution in [0.2, 0.25) is 0 Å². The van der Waals surface area contributed by atoms with Gasteiger partial charge in [-0.1, -0.05) is 18.2 Å². The van der Waals surface area contributed by atoms with Gasteiger partial charge in [-0.15, -0.1) is 0 Å². The van der Waals surface area contributed by atoms with Crippen molar-refractivity contribution in [1.82, 2.24) is 4.98 Å².